The standard InChI is InChI=1S/C14H14ClN5O/c1-7-3-4-16-12(17-7)9-6-10(9)13(21)20-14-18-8(2)5-11(15)19-14/h3-5,9-10H,6H2,1-2H3,(H,18,19,20,21)/t9-,10-/m0/s1. The lowest BCUT2D eigenvalue weighted by atomic mass is 10.2. The third-order valence-corrected chi connectivity index (χ3v) is 3.52. The average Bonchev–Trinajstić information content (AvgIpc) is 3.17. The largest absolute Gasteiger partial charge is 0.294 e. The van der Waals surface area contributed by atoms with E-state index >= 15 is 0 Å². The summed E-state index contributed by atoms with van der Waals surface area (Å²) in [6.07, 6.45) is 2.46. The fourth-order valence-corrected chi connectivity index (χ4v) is 2.44. The zero-order valence-corrected chi connectivity index (χ0v) is 12.4. The number of hydrogen-bond donors (Lipinski definition) is 1. The van der Waals surface area contributed by atoms with Crippen LogP contribution in [0.3, 0.4) is 0 Å². The van der Waals surface area contributed by atoms with Gasteiger partial charge in [-0.1, -0.05) is 11.6 Å². The first kappa shape index (κ1) is 13.9. The van der Waals surface area contributed by atoms with Gasteiger partial charge in [0.2, 0.25) is 11.9 Å². The maximum Gasteiger partial charge on any atom is 0.231 e. The van der Waals surface area contributed by atoms with Crippen molar-refractivity contribution in [2.75, 3.05) is 5.32 Å². The van der Waals surface area contributed by atoms with Crippen molar-refractivity contribution < 1.29 is 4.79 Å². The number of nitrogens with one attached hydrogen (secondary N) is 1. The van der Waals surface area contributed by atoms with Crippen LogP contribution in [0.5, 0.6) is 0 Å². The smallest absolute Gasteiger partial charge is 0.231 e. The number of halogens is 1. The third kappa shape index (κ3) is 3.16. The van der Waals surface area contributed by atoms with Crippen LogP contribution >= 0.6 is 11.6 Å². The number of aryl methyl sites for hydroxylation is 2. The van der Waals surface area contributed by atoms with Crippen molar-refractivity contribution in [2.45, 2.75) is 26.2 Å². The van der Waals surface area contributed by atoms with E-state index in [2.05, 4.69) is 25.3 Å². The lowest BCUT2D eigenvalue weighted by Crippen LogP contribution is -2.17. The van der Waals surface area contributed by atoms with Crippen molar-refractivity contribution in [1.82, 2.24) is 19.9 Å². The van der Waals surface area contributed by atoms with Crippen LogP contribution in [0.1, 0.15) is 29.6 Å². The van der Waals surface area contributed by atoms with Crippen LogP contribution in [0, 0.1) is 19.8 Å². The fourth-order valence-electron chi connectivity index (χ4n) is 2.21. The van der Waals surface area contributed by atoms with E-state index in [0.29, 0.717) is 10.8 Å². The Balaban J connectivity index is 1.68. The van der Waals surface area contributed by atoms with E-state index in [9.17, 15) is 4.79 Å². The molecule has 6 nitrogen and oxygen atoms in total. The molecule has 0 saturated heterocycles. The second kappa shape index (κ2) is 5.37. The Morgan fingerprint density at radius 1 is 1.29 bits per heavy atom. The molecule has 0 spiro atoms. The minimum Gasteiger partial charge on any atom is -0.294 e. The van der Waals surface area contributed by atoms with E-state index in [-0.39, 0.29) is 23.7 Å². The van der Waals surface area contributed by atoms with E-state index in [0.717, 1.165) is 17.9 Å². The molecule has 1 N–H and O–H groups in total. The summed E-state index contributed by atoms with van der Waals surface area (Å²) in [5, 5.41) is 3.01. The van der Waals surface area contributed by atoms with Gasteiger partial charge < -0.3 is 0 Å². The summed E-state index contributed by atoms with van der Waals surface area (Å²) in [5.41, 5.74) is 1.61. The molecule has 2 aromatic heterocycles. The lowest BCUT2D eigenvalue weighted by molar-refractivity contribution is -0.117. The molecule has 21 heavy (non-hydrogen) atoms. The van der Waals surface area contributed by atoms with E-state index in [1.54, 1.807) is 19.2 Å². The minimum absolute atomic E-state index is 0.0742. The van der Waals surface area contributed by atoms with Gasteiger partial charge in [0.05, 0.1) is 0 Å². The molecular formula is C14H14ClN5O. The highest BCUT2D eigenvalue weighted by Gasteiger charge is 2.46. The summed E-state index contributed by atoms with van der Waals surface area (Å²) in [7, 11) is 0. The van der Waals surface area contributed by atoms with Gasteiger partial charge >= 0.3 is 0 Å². The minimum atomic E-state index is -0.130. The molecular weight excluding hydrogens is 290 g/mol. The summed E-state index contributed by atoms with van der Waals surface area (Å²) >= 11 is 5.85. The zero-order chi connectivity index (χ0) is 15.0. The Morgan fingerprint density at radius 3 is 2.81 bits per heavy atom. The number of aromatic nitrogens is 4. The van der Waals surface area contributed by atoms with E-state index in [4.69, 9.17) is 11.6 Å². The molecule has 0 unspecified atom stereocenters. The molecule has 2 aromatic rings. The highest BCUT2D eigenvalue weighted by molar-refractivity contribution is 6.29. The molecule has 7 heteroatoms. The second-order valence-electron chi connectivity index (χ2n) is 5.15. The number of rotatable bonds is 3. The molecule has 2 heterocycles. The number of carbonyl (C=O) groups is 1. The normalized spacial score (nSPS) is 20.1. The van der Waals surface area contributed by atoms with Gasteiger partial charge in [-0.2, -0.15) is 0 Å². The quantitative estimate of drug-likeness (QED) is 0.880. The fraction of sp³-hybridized carbons (Fsp3) is 0.357. The number of carbonyl (C=O) groups excluding carboxylic acids is 1. The van der Waals surface area contributed by atoms with Gasteiger partial charge in [-0.25, -0.2) is 19.9 Å². The summed E-state index contributed by atoms with van der Waals surface area (Å²) in [5.74, 6) is 0.783. The van der Waals surface area contributed by atoms with E-state index in [1.807, 2.05) is 13.0 Å². The number of nitrogens with zero attached hydrogens (tertiary/aromatic N) is 4. The molecule has 108 valence electrons. The first-order chi connectivity index (χ1) is 10.0. The van der Waals surface area contributed by atoms with Crippen LogP contribution in [0.2, 0.25) is 5.15 Å². The Morgan fingerprint density at radius 2 is 2.10 bits per heavy atom. The van der Waals surface area contributed by atoms with Crippen molar-refractivity contribution in [3.63, 3.8) is 0 Å². The highest BCUT2D eigenvalue weighted by Crippen LogP contribution is 2.46. The maximum atomic E-state index is 12.2. The van der Waals surface area contributed by atoms with Gasteiger partial charge in [-0.15, -0.1) is 0 Å². The predicted octanol–water partition coefficient (Wildman–Crippen LogP) is 2.28. The average molecular weight is 304 g/mol. The molecule has 0 aromatic carbocycles. The maximum absolute atomic E-state index is 12.2. The monoisotopic (exact) mass is 303 g/mol. The summed E-state index contributed by atoms with van der Waals surface area (Å²) in [4.78, 5) is 28.9. The van der Waals surface area contributed by atoms with Crippen molar-refractivity contribution in [2.24, 2.45) is 5.92 Å². The topological polar surface area (TPSA) is 80.7 Å². The number of hydrogen-bond acceptors (Lipinski definition) is 5. The Hall–Kier alpha value is -2.08. The molecule has 1 aliphatic carbocycles. The van der Waals surface area contributed by atoms with Gasteiger partial charge in [0, 0.05) is 29.4 Å². The first-order valence-electron chi connectivity index (χ1n) is 6.64. The Labute approximate surface area is 127 Å². The van der Waals surface area contributed by atoms with Crippen molar-refractivity contribution >= 4 is 23.5 Å². The van der Waals surface area contributed by atoms with Gasteiger partial charge in [0.1, 0.15) is 11.0 Å². The summed E-state index contributed by atoms with van der Waals surface area (Å²) in [6, 6.07) is 3.47. The van der Waals surface area contributed by atoms with E-state index in [1.165, 1.54) is 0 Å². The van der Waals surface area contributed by atoms with Crippen LogP contribution < -0.4 is 5.32 Å². The Kier molecular flexibility index (Phi) is 3.55. The highest BCUT2D eigenvalue weighted by atomic mass is 35.5. The van der Waals surface area contributed by atoms with Crippen molar-refractivity contribution in [3.8, 4) is 0 Å². The zero-order valence-electron chi connectivity index (χ0n) is 11.7. The summed E-state index contributed by atoms with van der Waals surface area (Å²) < 4.78 is 0. The Bertz CT molecular complexity index is 685. The molecule has 1 aliphatic rings. The third-order valence-electron chi connectivity index (χ3n) is 3.33. The van der Waals surface area contributed by atoms with Crippen LogP contribution in [-0.2, 0) is 4.79 Å². The van der Waals surface area contributed by atoms with Crippen LogP contribution in [-0.4, -0.2) is 25.8 Å². The van der Waals surface area contributed by atoms with Gasteiger partial charge in [-0.3, -0.25) is 10.1 Å². The molecule has 3 rings (SSSR count). The molecule has 1 fully saturated rings. The van der Waals surface area contributed by atoms with Crippen LogP contribution in [0.25, 0.3) is 0 Å². The van der Waals surface area contributed by atoms with Crippen LogP contribution in [0.15, 0.2) is 18.3 Å². The van der Waals surface area contributed by atoms with Crippen molar-refractivity contribution in [1.29, 1.82) is 0 Å². The van der Waals surface area contributed by atoms with Gasteiger partial charge in [-0.05, 0) is 32.4 Å². The van der Waals surface area contributed by atoms with Crippen molar-refractivity contribution in [3.05, 3.63) is 40.7 Å². The predicted molar refractivity (Wildman–Crippen MR) is 78.0 cm³/mol. The molecule has 0 aliphatic heterocycles. The molecule has 1 amide bonds. The van der Waals surface area contributed by atoms with E-state index < -0.39 is 0 Å². The van der Waals surface area contributed by atoms with Crippen LogP contribution in [0.4, 0.5) is 5.95 Å². The molecule has 1 saturated carbocycles. The molecule has 0 radical (unpaired) electrons. The SMILES string of the molecule is Cc1cc(Cl)nc(NC(=O)[C@H]2C[C@@H]2c2nccc(C)n2)n1. The first-order valence-corrected chi connectivity index (χ1v) is 7.02. The van der Waals surface area contributed by atoms with Gasteiger partial charge in [0.15, 0.2) is 0 Å². The molecule has 2 atom stereocenters. The summed E-state index contributed by atoms with van der Waals surface area (Å²) in [6.45, 7) is 3.70. The molecule has 0 bridgehead atoms. The lowest BCUT2D eigenvalue weighted by Gasteiger charge is -2.04. The van der Waals surface area contributed by atoms with Gasteiger partial charge in [0.25, 0.3) is 0 Å². The number of anilines is 1. The second-order valence-corrected chi connectivity index (χ2v) is 5.54. The number of amides is 1.